The number of aryl methyl sites for hydroxylation is 1. The van der Waals surface area contributed by atoms with Crippen molar-refractivity contribution in [2.75, 3.05) is 13.1 Å². The predicted octanol–water partition coefficient (Wildman–Crippen LogP) is 0.997. The second-order valence-electron chi connectivity index (χ2n) is 4.45. The molecule has 2 rings (SSSR count). The first-order chi connectivity index (χ1) is 8.48. The van der Waals surface area contributed by atoms with Crippen LogP contribution in [0.4, 0.5) is 0 Å². The molecule has 6 nitrogen and oxygen atoms in total. The molecule has 1 aliphatic heterocycles. The highest BCUT2D eigenvalue weighted by molar-refractivity contribution is 7.89. The molecule has 1 saturated heterocycles. The maximum absolute atomic E-state index is 12.5. The molecular formula is C10H18Cl2N4O2S. The molecule has 1 aromatic heterocycles. The zero-order valence-corrected chi connectivity index (χ0v) is 13.0. The normalized spacial score (nSPS) is 21.1. The molecule has 0 spiro atoms. The van der Waals surface area contributed by atoms with Crippen LogP contribution in [0.5, 0.6) is 0 Å². The molecule has 0 bridgehead atoms. The maximum Gasteiger partial charge on any atom is 0.263 e. The molecule has 0 aromatic carbocycles. The van der Waals surface area contributed by atoms with E-state index >= 15 is 0 Å². The van der Waals surface area contributed by atoms with Crippen LogP contribution in [0.1, 0.15) is 19.3 Å². The third kappa shape index (κ3) is 3.05. The van der Waals surface area contributed by atoms with Gasteiger partial charge in [-0.3, -0.25) is 0 Å². The molecule has 0 aliphatic carbocycles. The van der Waals surface area contributed by atoms with Gasteiger partial charge < -0.3 is 10.3 Å². The number of nitrogens with two attached hydrogens (primary N) is 1. The average Bonchev–Trinajstić information content (AvgIpc) is 2.70. The summed E-state index contributed by atoms with van der Waals surface area (Å²) in [6.45, 7) is 0.806. The molecule has 1 aromatic rings. The van der Waals surface area contributed by atoms with E-state index in [2.05, 4.69) is 4.98 Å². The van der Waals surface area contributed by atoms with Crippen LogP contribution in [0.2, 0.25) is 5.15 Å². The Hall–Kier alpha value is -0.340. The Bertz CT molecular complexity index is 532. The zero-order chi connectivity index (χ0) is 13.3. The summed E-state index contributed by atoms with van der Waals surface area (Å²) in [6.07, 6.45) is 4.04. The number of aromatic nitrogens is 2. The SMILES string of the molecule is Cl.Cn1cnc(S(=O)(=O)N2CCCCC2CN)c1Cl. The topological polar surface area (TPSA) is 81.2 Å². The fraction of sp³-hybridized carbons (Fsp3) is 0.700. The Morgan fingerprint density at radius 3 is 2.74 bits per heavy atom. The van der Waals surface area contributed by atoms with Crippen LogP contribution in [0.25, 0.3) is 0 Å². The predicted molar refractivity (Wildman–Crippen MR) is 76.1 cm³/mol. The lowest BCUT2D eigenvalue weighted by atomic mass is 10.1. The fourth-order valence-corrected chi connectivity index (χ4v) is 4.30. The first kappa shape index (κ1) is 16.7. The summed E-state index contributed by atoms with van der Waals surface area (Å²) in [4.78, 5) is 3.89. The molecular weight excluding hydrogens is 311 g/mol. The smallest absolute Gasteiger partial charge is 0.263 e. The van der Waals surface area contributed by atoms with Gasteiger partial charge in [-0.1, -0.05) is 18.0 Å². The third-order valence-corrected chi connectivity index (χ3v) is 5.68. The van der Waals surface area contributed by atoms with Crippen LogP contribution in [0.3, 0.4) is 0 Å². The number of piperidine rings is 1. The van der Waals surface area contributed by atoms with Crippen LogP contribution >= 0.6 is 24.0 Å². The summed E-state index contributed by atoms with van der Waals surface area (Å²) in [6, 6.07) is -0.151. The molecule has 0 saturated carbocycles. The highest BCUT2D eigenvalue weighted by Crippen LogP contribution is 2.27. The average molecular weight is 329 g/mol. The molecule has 1 unspecified atom stereocenters. The van der Waals surface area contributed by atoms with Gasteiger partial charge in [-0.15, -0.1) is 12.4 Å². The van der Waals surface area contributed by atoms with Crippen LogP contribution in [-0.4, -0.2) is 41.4 Å². The van der Waals surface area contributed by atoms with E-state index in [1.807, 2.05) is 0 Å². The molecule has 19 heavy (non-hydrogen) atoms. The summed E-state index contributed by atoms with van der Waals surface area (Å²) in [5.74, 6) is 0. The van der Waals surface area contributed by atoms with Gasteiger partial charge in [0.2, 0.25) is 5.03 Å². The van der Waals surface area contributed by atoms with E-state index in [4.69, 9.17) is 17.3 Å². The van der Waals surface area contributed by atoms with E-state index in [9.17, 15) is 8.42 Å². The van der Waals surface area contributed by atoms with Crippen LogP contribution in [0, 0.1) is 0 Å². The lowest BCUT2D eigenvalue weighted by molar-refractivity contribution is 0.257. The number of nitrogens with zero attached hydrogens (tertiary/aromatic N) is 3. The molecule has 1 atom stereocenters. The van der Waals surface area contributed by atoms with Crippen molar-refractivity contribution in [2.45, 2.75) is 30.3 Å². The van der Waals surface area contributed by atoms with Crippen molar-refractivity contribution in [1.82, 2.24) is 13.9 Å². The van der Waals surface area contributed by atoms with Crippen molar-refractivity contribution >= 4 is 34.0 Å². The zero-order valence-electron chi connectivity index (χ0n) is 10.6. The second kappa shape index (κ2) is 6.41. The Morgan fingerprint density at radius 2 is 2.21 bits per heavy atom. The Kier molecular flexibility index (Phi) is 5.64. The van der Waals surface area contributed by atoms with Crippen molar-refractivity contribution in [1.29, 1.82) is 0 Å². The van der Waals surface area contributed by atoms with Gasteiger partial charge in [-0.2, -0.15) is 4.31 Å². The van der Waals surface area contributed by atoms with E-state index in [0.717, 1.165) is 19.3 Å². The summed E-state index contributed by atoms with van der Waals surface area (Å²) in [5, 5.41) is 0.0587. The minimum Gasteiger partial charge on any atom is -0.329 e. The monoisotopic (exact) mass is 328 g/mol. The number of hydrogen-bond acceptors (Lipinski definition) is 4. The molecule has 110 valence electrons. The number of rotatable bonds is 3. The number of hydrogen-bond donors (Lipinski definition) is 1. The van der Waals surface area contributed by atoms with Gasteiger partial charge in [0.25, 0.3) is 10.0 Å². The Morgan fingerprint density at radius 1 is 1.53 bits per heavy atom. The lowest BCUT2D eigenvalue weighted by Crippen LogP contribution is -2.47. The first-order valence-electron chi connectivity index (χ1n) is 5.87. The van der Waals surface area contributed by atoms with Gasteiger partial charge >= 0.3 is 0 Å². The fourth-order valence-electron chi connectivity index (χ4n) is 2.20. The number of halogens is 2. The maximum atomic E-state index is 12.5. The number of imidazole rings is 1. The Balaban J connectivity index is 0.00000180. The summed E-state index contributed by atoms with van der Waals surface area (Å²) >= 11 is 5.97. The van der Waals surface area contributed by atoms with Crippen molar-refractivity contribution in [2.24, 2.45) is 12.8 Å². The highest BCUT2D eigenvalue weighted by Gasteiger charge is 2.35. The van der Waals surface area contributed by atoms with Gasteiger partial charge in [0.15, 0.2) is 0 Å². The van der Waals surface area contributed by atoms with Crippen molar-refractivity contribution in [3.63, 3.8) is 0 Å². The Labute approximate surface area is 124 Å². The molecule has 1 fully saturated rings. The molecule has 1 aliphatic rings. The lowest BCUT2D eigenvalue weighted by Gasteiger charge is -2.33. The van der Waals surface area contributed by atoms with E-state index in [1.165, 1.54) is 15.2 Å². The van der Waals surface area contributed by atoms with Gasteiger partial charge in [-0.25, -0.2) is 13.4 Å². The first-order valence-corrected chi connectivity index (χ1v) is 7.69. The van der Waals surface area contributed by atoms with Crippen molar-refractivity contribution < 1.29 is 8.42 Å². The van der Waals surface area contributed by atoms with E-state index in [-0.39, 0.29) is 28.6 Å². The van der Waals surface area contributed by atoms with Crippen molar-refractivity contribution in [3.05, 3.63) is 11.5 Å². The highest BCUT2D eigenvalue weighted by atomic mass is 35.5. The molecule has 2 N–H and O–H groups in total. The van der Waals surface area contributed by atoms with E-state index in [1.54, 1.807) is 7.05 Å². The van der Waals surface area contributed by atoms with Crippen LogP contribution < -0.4 is 5.73 Å². The quantitative estimate of drug-likeness (QED) is 0.897. The largest absolute Gasteiger partial charge is 0.329 e. The van der Waals surface area contributed by atoms with E-state index in [0.29, 0.717) is 13.1 Å². The van der Waals surface area contributed by atoms with Crippen molar-refractivity contribution in [3.8, 4) is 0 Å². The van der Waals surface area contributed by atoms with Gasteiger partial charge in [-0.05, 0) is 12.8 Å². The second-order valence-corrected chi connectivity index (χ2v) is 6.62. The number of sulfonamides is 1. The summed E-state index contributed by atoms with van der Waals surface area (Å²) < 4.78 is 27.9. The van der Waals surface area contributed by atoms with Crippen LogP contribution in [0.15, 0.2) is 11.4 Å². The minimum atomic E-state index is -3.64. The molecule has 9 heteroatoms. The van der Waals surface area contributed by atoms with Crippen LogP contribution in [-0.2, 0) is 17.1 Å². The standard InChI is InChI=1S/C10H17ClN4O2S.ClH/c1-14-7-13-10(9(14)11)18(16,17)15-5-3-2-4-8(15)6-12;/h7-8H,2-6,12H2,1H3;1H. The van der Waals surface area contributed by atoms with E-state index < -0.39 is 10.0 Å². The molecule has 0 amide bonds. The summed E-state index contributed by atoms with van der Waals surface area (Å²) in [5.41, 5.74) is 5.65. The van der Waals surface area contributed by atoms with Gasteiger partial charge in [0, 0.05) is 26.2 Å². The minimum absolute atomic E-state index is 0. The van der Waals surface area contributed by atoms with Gasteiger partial charge in [0.05, 0.1) is 6.33 Å². The van der Waals surface area contributed by atoms with Gasteiger partial charge in [0.1, 0.15) is 5.15 Å². The third-order valence-electron chi connectivity index (χ3n) is 3.23. The molecule has 0 radical (unpaired) electrons. The molecule has 2 heterocycles. The summed E-state index contributed by atoms with van der Waals surface area (Å²) in [7, 11) is -1.99.